The highest BCUT2D eigenvalue weighted by molar-refractivity contribution is 7.10. The van der Waals surface area contributed by atoms with E-state index >= 15 is 0 Å². The number of hydrogen-bond acceptors (Lipinski definition) is 6. The molecule has 0 aliphatic carbocycles. The molecule has 0 radical (unpaired) electrons. The van der Waals surface area contributed by atoms with Gasteiger partial charge in [0.1, 0.15) is 5.69 Å². The van der Waals surface area contributed by atoms with Crippen LogP contribution in [0.15, 0.2) is 23.6 Å². The topological polar surface area (TPSA) is 63.5 Å². The standard InChI is InChI=1S/C20H27N5O2S/c1-23-20-16(15-27-11-10-24-8-2-3-9-24)13-25(14-18(20)21-22-23)19(26)7-6-17-5-4-12-28-17/h4-7,12,16H,2-3,8-11,13-15H2,1H3/b7-6+/t16-/m0/s1. The van der Waals surface area contributed by atoms with E-state index in [0.717, 1.165) is 29.4 Å². The summed E-state index contributed by atoms with van der Waals surface area (Å²) in [4.78, 5) is 18.1. The van der Waals surface area contributed by atoms with Gasteiger partial charge in [-0.25, -0.2) is 0 Å². The Morgan fingerprint density at radius 1 is 1.39 bits per heavy atom. The second-order valence-corrected chi connectivity index (χ2v) is 8.41. The highest BCUT2D eigenvalue weighted by atomic mass is 32.1. The minimum atomic E-state index is 0.00627. The summed E-state index contributed by atoms with van der Waals surface area (Å²) >= 11 is 1.62. The Morgan fingerprint density at radius 3 is 3.04 bits per heavy atom. The van der Waals surface area contributed by atoms with Crippen molar-refractivity contribution in [3.63, 3.8) is 0 Å². The Labute approximate surface area is 169 Å². The van der Waals surface area contributed by atoms with Gasteiger partial charge in [0, 0.05) is 37.0 Å². The van der Waals surface area contributed by atoms with Crippen molar-refractivity contribution in [2.45, 2.75) is 25.3 Å². The van der Waals surface area contributed by atoms with E-state index in [-0.39, 0.29) is 11.8 Å². The van der Waals surface area contributed by atoms with E-state index in [1.54, 1.807) is 17.4 Å². The molecule has 8 heteroatoms. The number of thiophene rings is 1. The van der Waals surface area contributed by atoms with Crippen LogP contribution in [0.3, 0.4) is 0 Å². The second kappa shape index (κ2) is 8.98. The summed E-state index contributed by atoms with van der Waals surface area (Å²) in [7, 11) is 1.91. The summed E-state index contributed by atoms with van der Waals surface area (Å²) in [6.45, 7) is 5.79. The number of carbonyl (C=O) groups is 1. The molecule has 4 heterocycles. The van der Waals surface area contributed by atoms with Gasteiger partial charge in [-0.3, -0.25) is 9.48 Å². The number of ether oxygens (including phenoxy) is 1. The van der Waals surface area contributed by atoms with Gasteiger partial charge in [-0.2, -0.15) is 0 Å². The van der Waals surface area contributed by atoms with E-state index in [4.69, 9.17) is 4.74 Å². The predicted molar refractivity (Wildman–Crippen MR) is 109 cm³/mol. The normalized spacial score (nSPS) is 20.2. The molecule has 2 aromatic heterocycles. The van der Waals surface area contributed by atoms with Gasteiger partial charge in [0.15, 0.2) is 0 Å². The molecule has 2 aliphatic rings. The number of amides is 1. The van der Waals surface area contributed by atoms with Crippen LogP contribution in [0.5, 0.6) is 0 Å². The minimum absolute atomic E-state index is 0.00627. The summed E-state index contributed by atoms with van der Waals surface area (Å²) in [5, 5.41) is 10.4. The first kappa shape index (κ1) is 19.3. The zero-order valence-corrected chi connectivity index (χ0v) is 17.1. The summed E-state index contributed by atoms with van der Waals surface area (Å²) < 4.78 is 7.82. The smallest absolute Gasteiger partial charge is 0.246 e. The molecular formula is C20H27N5O2S. The lowest BCUT2D eigenvalue weighted by Crippen LogP contribution is -2.39. The first-order valence-electron chi connectivity index (χ1n) is 9.90. The minimum Gasteiger partial charge on any atom is -0.379 e. The number of fused-ring (bicyclic) bond motifs is 1. The van der Waals surface area contributed by atoms with Gasteiger partial charge in [0.05, 0.1) is 25.5 Å². The third-order valence-electron chi connectivity index (χ3n) is 5.43. The lowest BCUT2D eigenvalue weighted by Gasteiger charge is -2.31. The molecule has 2 aromatic rings. The molecule has 1 atom stereocenters. The molecule has 1 amide bonds. The molecule has 1 saturated heterocycles. The molecule has 4 rings (SSSR count). The van der Waals surface area contributed by atoms with Crippen LogP contribution in [0.25, 0.3) is 6.08 Å². The zero-order valence-electron chi connectivity index (χ0n) is 16.3. The van der Waals surface area contributed by atoms with Crippen LogP contribution in [0, 0.1) is 0 Å². The molecular weight excluding hydrogens is 374 g/mol. The predicted octanol–water partition coefficient (Wildman–Crippen LogP) is 2.13. The fourth-order valence-corrected chi connectivity index (χ4v) is 4.61. The second-order valence-electron chi connectivity index (χ2n) is 7.43. The molecule has 150 valence electrons. The van der Waals surface area contributed by atoms with Crippen molar-refractivity contribution in [1.82, 2.24) is 24.8 Å². The largest absolute Gasteiger partial charge is 0.379 e. The van der Waals surface area contributed by atoms with E-state index in [0.29, 0.717) is 19.7 Å². The molecule has 0 N–H and O–H groups in total. The maximum Gasteiger partial charge on any atom is 0.246 e. The molecule has 0 saturated carbocycles. The maximum absolute atomic E-state index is 12.7. The van der Waals surface area contributed by atoms with Crippen LogP contribution in [-0.2, 0) is 23.1 Å². The average molecular weight is 402 g/mol. The van der Waals surface area contributed by atoms with Crippen LogP contribution in [0.4, 0.5) is 0 Å². The molecule has 0 bridgehead atoms. The number of hydrogen-bond donors (Lipinski definition) is 0. The molecule has 28 heavy (non-hydrogen) atoms. The summed E-state index contributed by atoms with van der Waals surface area (Å²) in [6, 6.07) is 3.99. The summed E-state index contributed by atoms with van der Waals surface area (Å²) in [5.74, 6) is 0.105. The summed E-state index contributed by atoms with van der Waals surface area (Å²) in [5.41, 5.74) is 1.97. The van der Waals surface area contributed by atoms with Crippen molar-refractivity contribution in [3.05, 3.63) is 39.9 Å². The van der Waals surface area contributed by atoms with E-state index in [2.05, 4.69) is 15.2 Å². The SMILES string of the molecule is Cn1nnc2c1[C@H](COCCN1CCCC1)CN(C(=O)/C=C/c1cccs1)C2. The molecule has 0 spiro atoms. The summed E-state index contributed by atoms with van der Waals surface area (Å²) in [6.07, 6.45) is 6.12. The Balaban J connectivity index is 1.37. The van der Waals surface area contributed by atoms with Crippen LogP contribution < -0.4 is 0 Å². The van der Waals surface area contributed by atoms with Gasteiger partial charge in [0.25, 0.3) is 0 Å². The fraction of sp³-hybridized carbons (Fsp3) is 0.550. The van der Waals surface area contributed by atoms with Crippen LogP contribution in [-0.4, -0.2) is 70.1 Å². The van der Waals surface area contributed by atoms with Crippen LogP contribution in [0.1, 0.15) is 35.0 Å². The Hall–Kier alpha value is -2.03. The lowest BCUT2D eigenvalue weighted by molar-refractivity contribution is -0.127. The van der Waals surface area contributed by atoms with Crippen molar-refractivity contribution in [3.8, 4) is 0 Å². The fourth-order valence-electron chi connectivity index (χ4n) is 3.99. The Bertz CT molecular complexity index is 811. The quantitative estimate of drug-likeness (QED) is 0.525. The maximum atomic E-state index is 12.7. The number of carbonyl (C=O) groups excluding carboxylic acids is 1. The Morgan fingerprint density at radius 2 is 2.25 bits per heavy atom. The van der Waals surface area contributed by atoms with Gasteiger partial charge in [-0.05, 0) is 43.5 Å². The van der Waals surface area contributed by atoms with Crippen LogP contribution in [0.2, 0.25) is 0 Å². The third-order valence-corrected chi connectivity index (χ3v) is 6.26. The third kappa shape index (κ3) is 4.51. The van der Waals surface area contributed by atoms with Crippen molar-refractivity contribution < 1.29 is 9.53 Å². The van der Waals surface area contributed by atoms with E-state index in [9.17, 15) is 4.79 Å². The highest BCUT2D eigenvalue weighted by Gasteiger charge is 2.31. The van der Waals surface area contributed by atoms with Gasteiger partial charge in [0.2, 0.25) is 5.91 Å². The zero-order chi connectivity index (χ0) is 19.3. The van der Waals surface area contributed by atoms with Crippen molar-refractivity contribution >= 4 is 23.3 Å². The van der Waals surface area contributed by atoms with Crippen molar-refractivity contribution in [2.24, 2.45) is 7.05 Å². The first-order valence-corrected chi connectivity index (χ1v) is 10.8. The van der Waals surface area contributed by atoms with Gasteiger partial charge >= 0.3 is 0 Å². The van der Waals surface area contributed by atoms with Crippen molar-refractivity contribution in [1.29, 1.82) is 0 Å². The van der Waals surface area contributed by atoms with Gasteiger partial charge < -0.3 is 14.5 Å². The molecule has 7 nitrogen and oxygen atoms in total. The molecule has 0 aromatic carbocycles. The number of aryl methyl sites for hydroxylation is 1. The van der Waals surface area contributed by atoms with Gasteiger partial charge in [-0.1, -0.05) is 11.3 Å². The van der Waals surface area contributed by atoms with E-state index in [1.807, 2.05) is 40.2 Å². The monoisotopic (exact) mass is 401 g/mol. The number of rotatable bonds is 7. The van der Waals surface area contributed by atoms with Crippen molar-refractivity contribution in [2.75, 3.05) is 39.4 Å². The van der Waals surface area contributed by atoms with E-state index < -0.39 is 0 Å². The first-order chi connectivity index (χ1) is 13.7. The van der Waals surface area contributed by atoms with E-state index in [1.165, 1.54) is 25.9 Å². The molecule has 0 unspecified atom stereocenters. The highest BCUT2D eigenvalue weighted by Crippen LogP contribution is 2.27. The number of nitrogens with zero attached hydrogens (tertiary/aromatic N) is 5. The molecule has 1 fully saturated rings. The number of likely N-dealkylation sites (tertiary alicyclic amines) is 1. The average Bonchev–Trinajstić information content (AvgIpc) is 3.46. The molecule has 2 aliphatic heterocycles. The van der Waals surface area contributed by atoms with Gasteiger partial charge in [-0.15, -0.1) is 16.4 Å². The van der Waals surface area contributed by atoms with Crippen LogP contribution >= 0.6 is 11.3 Å². The Kier molecular flexibility index (Phi) is 6.19. The lowest BCUT2D eigenvalue weighted by atomic mass is 9.99. The number of aromatic nitrogens is 3.